The molecule has 268 valence electrons. The van der Waals surface area contributed by atoms with Crippen LogP contribution in [0.15, 0.2) is 66.9 Å². The third-order valence-corrected chi connectivity index (χ3v) is 7.32. The van der Waals surface area contributed by atoms with Crippen molar-refractivity contribution >= 4 is 34.7 Å². The van der Waals surface area contributed by atoms with Crippen LogP contribution in [0.5, 0.6) is 0 Å². The van der Waals surface area contributed by atoms with Crippen molar-refractivity contribution < 1.29 is 28.6 Å². The fourth-order valence-corrected chi connectivity index (χ4v) is 5.10. The Morgan fingerprint density at radius 1 is 0.857 bits per heavy atom. The zero-order valence-electron chi connectivity index (χ0n) is 29.9. The molecule has 0 saturated heterocycles. The average Bonchev–Trinajstić information content (AvgIpc) is 3.02. The van der Waals surface area contributed by atoms with E-state index in [1.807, 2.05) is 67.6 Å². The summed E-state index contributed by atoms with van der Waals surface area (Å²) in [6.45, 7) is 13.1. The third kappa shape index (κ3) is 14.7. The largest absolute Gasteiger partial charge is 0.444 e. The SMILES string of the molecule is CCOC(Nc1cnc2ccccc2c1)[C@@H](CCc1ccccc1)NC(=O)[C@@H](N)CC(CNC(=O)OC(C)(C)C)CNC(=O)OC(C)(C)C. The van der Waals surface area contributed by atoms with Crippen molar-refractivity contribution in [2.24, 2.45) is 11.7 Å². The van der Waals surface area contributed by atoms with Gasteiger partial charge in [-0.3, -0.25) is 9.78 Å². The lowest BCUT2D eigenvalue weighted by Crippen LogP contribution is -2.53. The molecule has 0 aliphatic carbocycles. The molecule has 0 radical (unpaired) electrons. The standard InChI is InChI=1S/C37H54N6O6/c1-8-47-33(42-28-21-27-16-12-13-17-30(27)39-24-28)31(19-18-25-14-10-9-11-15-25)43-32(44)29(38)20-26(22-40-34(45)48-36(2,3)4)23-41-35(46)49-37(5,6)7/h9-17,21,24,26,29,31,33,42H,8,18-20,22-23,38H2,1-7H3,(H,40,45)(H,41,46)(H,43,44)/t29-,31+,33?/m0/s1. The monoisotopic (exact) mass is 678 g/mol. The number of rotatable bonds is 16. The molecule has 6 N–H and O–H groups in total. The van der Waals surface area contributed by atoms with Crippen molar-refractivity contribution in [1.29, 1.82) is 0 Å². The second-order valence-electron chi connectivity index (χ2n) is 14.1. The van der Waals surface area contributed by atoms with Crippen LogP contribution in [-0.4, -0.2) is 72.3 Å². The highest BCUT2D eigenvalue weighted by Gasteiger charge is 2.29. The minimum atomic E-state index is -0.963. The molecule has 3 rings (SSSR count). The molecule has 49 heavy (non-hydrogen) atoms. The summed E-state index contributed by atoms with van der Waals surface area (Å²) in [6, 6.07) is 18.4. The number of nitrogens with one attached hydrogen (secondary N) is 4. The maximum atomic E-state index is 13.7. The first kappa shape index (κ1) is 39.0. The van der Waals surface area contributed by atoms with Crippen molar-refractivity contribution in [3.8, 4) is 0 Å². The lowest BCUT2D eigenvalue weighted by Gasteiger charge is -2.31. The number of nitrogens with zero attached hydrogens (tertiary/aromatic N) is 1. The molecular weight excluding hydrogens is 624 g/mol. The Morgan fingerprint density at radius 3 is 2.04 bits per heavy atom. The predicted octanol–water partition coefficient (Wildman–Crippen LogP) is 5.51. The number of anilines is 1. The van der Waals surface area contributed by atoms with E-state index in [2.05, 4.69) is 26.3 Å². The smallest absolute Gasteiger partial charge is 0.407 e. The lowest BCUT2D eigenvalue weighted by atomic mass is 9.98. The molecule has 1 unspecified atom stereocenters. The van der Waals surface area contributed by atoms with Crippen LogP contribution in [0.25, 0.3) is 10.9 Å². The first-order valence-electron chi connectivity index (χ1n) is 16.9. The molecule has 12 heteroatoms. The number of hydrogen-bond donors (Lipinski definition) is 5. The van der Waals surface area contributed by atoms with E-state index in [0.717, 1.165) is 22.2 Å². The molecule has 0 spiro atoms. The number of benzene rings is 2. The normalized spacial score (nSPS) is 13.7. The zero-order chi connectivity index (χ0) is 36.0. The van der Waals surface area contributed by atoms with Gasteiger partial charge in [-0.15, -0.1) is 0 Å². The van der Waals surface area contributed by atoms with Gasteiger partial charge < -0.3 is 41.2 Å². The number of pyridine rings is 1. The number of amides is 3. The fraction of sp³-hybridized carbons (Fsp3) is 0.514. The summed E-state index contributed by atoms with van der Waals surface area (Å²) < 4.78 is 16.9. The van der Waals surface area contributed by atoms with E-state index < -0.39 is 47.6 Å². The molecule has 3 amide bonds. The van der Waals surface area contributed by atoms with Crippen LogP contribution in [0.2, 0.25) is 0 Å². The predicted molar refractivity (Wildman–Crippen MR) is 192 cm³/mol. The Kier molecular flexibility index (Phi) is 14.6. The quantitative estimate of drug-likeness (QED) is 0.123. The second kappa shape index (κ2) is 18.4. The van der Waals surface area contributed by atoms with Crippen LogP contribution in [0, 0.1) is 5.92 Å². The Morgan fingerprint density at radius 2 is 1.45 bits per heavy atom. The molecule has 3 aromatic rings. The van der Waals surface area contributed by atoms with E-state index in [4.69, 9.17) is 19.9 Å². The molecule has 0 aliphatic rings. The first-order chi connectivity index (χ1) is 23.1. The number of para-hydroxylation sites is 1. The number of aryl methyl sites for hydroxylation is 1. The average molecular weight is 679 g/mol. The molecular formula is C37H54N6O6. The lowest BCUT2D eigenvalue weighted by molar-refractivity contribution is -0.124. The van der Waals surface area contributed by atoms with E-state index in [0.29, 0.717) is 19.4 Å². The number of fused-ring (bicyclic) bond motifs is 1. The minimum Gasteiger partial charge on any atom is -0.444 e. The summed E-state index contributed by atoms with van der Waals surface area (Å²) in [5.41, 5.74) is 7.88. The molecule has 3 atom stereocenters. The molecule has 2 aromatic carbocycles. The summed E-state index contributed by atoms with van der Waals surface area (Å²) >= 11 is 0. The molecule has 0 fully saturated rings. The van der Waals surface area contributed by atoms with Crippen LogP contribution in [0.3, 0.4) is 0 Å². The number of hydrogen-bond acceptors (Lipinski definition) is 9. The summed E-state index contributed by atoms with van der Waals surface area (Å²) in [5.74, 6) is -0.797. The van der Waals surface area contributed by atoms with Crippen LogP contribution in [0.4, 0.5) is 15.3 Å². The molecule has 12 nitrogen and oxygen atoms in total. The Hall–Kier alpha value is -4.42. The highest BCUT2D eigenvalue weighted by molar-refractivity contribution is 5.82. The van der Waals surface area contributed by atoms with E-state index in [1.165, 1.54) is 0 Å². The summed E-state index contributed by atoms with van der Waals surface area (Å²) in [6.07, 6.45) is 1.34. The maximum absolute atomic E-state index is 13.7. The van der Waals surface area contributed by atoms with Gasteiger partial charge in [0, 0.05) is 25.1 Å². The number of aromatic nitrogens is 1. The van der Waals surface area contributed by atoms with E-state index >= 15 is 0 Å². The molecule has 0 bridgehead atoms. The van der Waals surface area contributed by atoms with Crippen LogP contribution in [-0.2, 0) is 25.4 Å². The second-order valence-corrected chi connectivity index (χ2v) is 14.1. The number of nitrogens with two attached hydrogens (primary N) is 1. The number of ether oxygens (including phenoxy) is 3. The van der Waals surface area contributed by atoms with Gasteiger partial charge in [-0.05, 0) is 91.3 Å². The van der Waals surface area contributed by atoms with Gasteiger partial charge >= 0.3 is 12.2 Å². The molecule has 1 aromatic heterocycles. The third-order valence-electron chi connectivity index (χ3n) is 7.32. The Bertz CT molecular complexity index is 1460. The van der Waals surface area contributed by atoms with Crippen molar-refractivity contribution in [2.75, 3.05) is 25.0 Å². The van der Waals surface area contributed by atoms with Crippen molar-refractivity contribution in [2.45, 2.75) is 97.2 Å². The van der Waals surface area contributed by atoms with Crippen molar-refractivity contribution in [3.63, 3.8) is 0 Å². The van der Waals surface area contributed by atoms with Crippen LogP contribution < -0.4 is 27.0 Å². The zero-order valence-corrected chi connectivity index (χ0v) is 29.9. The summed E-state index contributed by atoms with van der Waals surface area (Å²) in [5, 5.41) is 13.0. The van der Waals surface area contributed by atoms with Crippen molar-refractivity contribution in [1.82, 2.24) is 20.9 Å². The topological polar surface area (TPSA) is 166 Å². The van der Waals surface area contributed by atoms with Gasteiger partial charge in [0.2, 0.25) is 5.91 Å². The van der Waals surface area contributed by atoms with E-state index in [1.54, 1.807) is 47.7 Å². The van der Waals surface area contributed by atoms with Gasteiger partial charge in [-0.1, -0.05) is 48.5 Å². The Balaban J connectivity index is 1.76. The van der Waals surface area contributed by atoms with Gasteiger partial charge in [0.15, 0.2) is 0 Å². The highest BCUT2D eigenvalue weighted by atomic mass is 16.6. The van der Waals surface area contributed by atoms with Gasteiger partial charge in [-0.2, -0.15) is 0 Å². The van der Waals surface area contributed by atoms with Gasteiger partial charge in [0.25, 0.3) is 0 Å². The minimum absolute atomic E-state index is 0.112. The number of carbonyl (C=O) groups excluding carboxylic acids is 3. The Labute approximate surface area is 290 Å². The number of alkyl carbamates (subject to hydrolysis) is 2. The summed E-state index contributed by atoms with van der Waals surface area (Å²) in [4.78, 5) is 43.1. The molecule has 0 saturated carbocycles. The van der Waals surface area contributed by atoms with Gasteiger partial charge in [-0.25, -0.2) is 9.59 Å². The molecule has 1 heterocycles. The number of carbonyl (C=O) groups is 3. The first-order valence-corrected chi connectivity index (χ1v) is 16.9. The van der Waals surface area contributed by atoms with Gasteiger partial charge in [0.05, 0.1) is 29.5 Å². The van der Waals surface area contributed by atoms with E-state index in [-0.39, 0.29) is 25.4 Å². The van der Waals surface area contributed by atoms with Gasteiger partial charge in [0.1, 0.15) is 17.4 Å². The maximum Gasteiger partial charge on any atom is 0.407 e. The fourth-order valence-electron chi connectivity index (χ4n) is 5.10. The van der Waals surface area contributed by atoms with Crippen LogP contribution >= 0.6 is 0 Å². The highest BCUT2D eigenvalue weighted by Crippen LogP contribution is 2.20. The summed E-state index contributed by atoms with van der Waals surface area (Å²) in [7, 11) is 0. The van der Waals surface area contributed by atoms with E-state index in [9.17, 15) is 14.4 Å². The van der Waals surface area contributed by atoms with Crippen molar-refractivity contribution in [3.05, 3.63) is 72.4 Å². The molecule has 0 aliphatic heterocycles. The van der Waals surface area contributed by atoms with Crippen LogP contribution in [0.1, 0.15) is 66.9 Å².